The van der Waals surface area contributed by atoms with Crippen molar-refractivity contribution in [3.05, 3.63) is 52.0 Å². The summed E-state index contributed by atoms with van der Waals surface area (Å²) in [6, 6.07) is 10.2. The van der Waals surface area contributed by atoms with E-state index in [0.717, 1.165) is 5.01 Å². The smallest absolute Gasteiger partial charge is 0.355 e. The highest BCUT2D eigenvalue weighted by molar-refractivity contribution is 7.10. The van der Waals surface area contributed by atoms with Gasteiger partial charge in [-0.2, -0.15) is 0 Å². The fourth-order valence-corrected chi connectivity index (χ4v) is 3.02. The summed E-state index contributed by atoms with van der Waals surface area (Å²) < 4.78 is 0. The van der Waals surface area contributed by atoms with Gasteiger partial charge in [0.1, 0.15) is 0 Å². The van der Waals surface area contributed by atoms with E-state index in [0.29, 0.717) is 0 Å². The highest BCUT2D eigenvalue weighted by Crippen LogP contribution is 2.39. The summed E-state index contributed by atoms with van der Waals surface area (Å²) in [5.74, 6) is -0.702. The third kappa shape index (κ3) is 2.68. The monoisotopic (exact) mass is 275 g/mol. The summed E-state index contributed by atoms with van der Waals surface area (Å²) in [6.07, 6.45) is 0. The first-order valence-corrected chi connectivity index (χ1v) is 7.05. The van der Waals surface area contributed by atoms with Crippen LogP contribution in [0.1, 0.15) is 47.7 Å². The Hall–Kier alpha value is -1.68. The van der Waals surface area contributed by atoms with Gasteiger partial charge in [-0.05, 0) is 11.5 Å². The second-order valence-electron chi connectivity index (χ2n) is 5.20. The van der Waals surface area contributed by atoms with E-state index in [9.17, 15) is 4.79 Å². The summed E-state index contributed by atoms with van der Waals surface area (Å²) >= 11 is 1.42. The maximum absolute atomic E-state index is 10.9. The molecule has 2 aromatic rings. The molecule has 0 saturated heterocycles. The van der Waals surface area contributed by atoms with E-state index in [4.69, 9.17) is 5.11 Å². The summed E-state index contributed by atoms with van der Waals surface area (Å²) in [5, 5.41) is 11.4. The number of hydrogen-bond acceptors (Lipinski definition) is 3. The van der Waals surface area contributed by atoms with Crippen LogP contribution in [0.2, 0.25) is 0 Å². The predicted molar refractivity (Wildman–Crippen MR) is 77.0 cm³/mol. The van der Waals surface area contributed by atoms with Crippen LogP contribution in [0.4, 0.5) is 0 Å². The van der Waals surface area contributed by atoms with Crippen molar-refractivity contribution in [3.8, 4) is 0 Å². The molecule has 0 amide bonds. The lowest BCUT2D eigenvalue weighted by atomic mass is 9.76. The third-order valence-corrected chi connectivity index (χ3v) is 4.84. The molecule has 0 saturated carbocycles. The minimum atomic E-state index is -0.967. The van der Waals surface area contributed by atoms with Crippen molar-refractivity contribution >= 4 is 17.3 Å². The number of rotatable bonds is 4. The van der Waals surface area contributed by atoms with E-state index in [-0.39, 0.29) is 17.0 Å². The number of hydrogen-bond donors (Lipinski definition) is 1. The number of aromatic nitrogens is 1. The fraction of sp³-hybridized carbons (Fsp3) is 0.333. The molecule has 1 N–H and O–H groups in total. The first kappa shape index (κ1) is 13.7. The molecule has 1 atom stereocenters. The summed E-state index contributed by atoms with van der Waals surface area (Å²) in [4.78, 5) is 15.2. The summed E-state index contributed by atoms with van der Waals surface area (Å²) in [6.45, 7) is 6.36. The van der Waals surface area contributed by atoms with Crippen LogP contribution in [-0.4, -0.2) is 16.1 Å². The molecule has 1 heterocycles. The zero-order valence-corrected chi connectivity index (χ0v) is 12.1. The molecule has 0 aliphatic rings. The van der Waals surface area contributed by atoms with Crippen LogP contribution in [0, 0.1) is 0 Å². The lowest BCUT2D eigenvalue weighted by Gasteiger charge is -2.30. The Morgan fingerprint density at radius 2 is 1.95 bits per heavy atom. The maximum Gasteiger partial charge on any atom is 0.355 e. The number of benzene rings is 1. The molecular weight excluding hydrogens is 258 g/mol. The predicted octanol–water partition coefficient (Wildman–Crippen LogP) is 3.92. The molecule has 3 nitrogen and oxygen atoms in total. The van der Waals surface area contributed by atoms with Crippen LogP contribution in [0.25, 0.3) is 0 Å². The Bertz CT molecular complexity index is 575. The quantitative estimate of drug-likeness (QED) is 0.920. The van der Waals surface area contributed by atoms with Crippen molar-refractivity contribution < 1.29 is 9.90 Å². The second kappa shape index (κ2) is 5.13. The molecule has 4 heteroatoms. The number of nitrogens with zero attached hydrogens (tertiary/aromatic N) is 1. The number of thiazole rings is 1. The molecular formula is C15H17NO2S. The molecule has 0 aliphatic heterocycles. The second-order valence-corrected chi connectivity index (χ2v) is 6.06. The van der Waals surface area contributed by atoms with E-state index >= 15 is 0 Å². The normalized spacial score (nSPS) is 13.2. The molecule has 0 bridgehead atoms. The number of aromatic carboxylic acids is 1. The van der Waals surface area contributed by atoms with Gasteiger partial charge in [-0.1, -0.05) is 51.1 Å². The Balaban J connectivity index is 2.33. The van der Waals surface area contributed by atoms with Crippen LogP contribution >= 0.6 is 11.3 Å². The topological polar surface area (TPSA) is 50.2 Å². The van der Waals surface area contributed by atoms with Gasteiger partial charge in [0.05, 0.1) is 5.01 Å². The van der Waals surface area contributed by atoms with Crippen molar-refractivity contribution in [2.24, 2.45) is 0 Å². The van der Waals surface area contributed by atoms with Gasteiger partial charge in [0.25, 0.3) is 0 Å². The maximum atomic E-state index is 10.9. The molecule has 1 aromatic heterocycles. The van der Waals surface area contributed by atoms with Crippen molar-refractivity contribution in [2.45, 2.75) is 32.1 Å². The van der Waals surface area contributed by atoms with E-state index in [1.54, 1.807) is 5.38 Å². The van der Waals surface area contributed by atoms with Crippen LogP contribution in [0.15, 0.2) is 35.7 Å². The van der Waals surface area contributed by atoms with Gasteiger partial charge in [-0.15, -0.1) is 11.3 Å². The van der Waals surface area contributed by atoms with Gasteiger partial charge in [0.2, 0.25) is 0 Å². The number of carbonyl (C=O) groups is 1. The zero-order valence-electron chi connectivity index (χ0n) is 11.3. The molecule has 1 unspecified atom stereocenters. The molecule has 2 rings (SSSR count). The molecule has 0 spiro atoms. The average Bonchev–Trinajstić information content (AvgIpc) is 2.89. The van der Waals surface area contributed by atoms with Gasteiger partial charge >= 0.3 is 5.97 Å². The van der Waals surface area contributed by atoms with Gasteiger partial charge in [0, 0.05) is 10.8 Å². The Morgan fingerprint density at radius 3 is 2.47 bits per heavy atom. The largest absolute Gasteiger partial charge is 0.476 e. The fourth-order valence-electron chi connectivity index (χ4n) is 2.01. The van der Waals surface area contributed by atoms with Crippen molar-refractivity contribution in [3.63, 3.8) is 0 Å². The molecule has 0 fully saturated rings. The lowest BCUT2D eigenvalue weighted by molar-refractivity contribution is 0.0691. The van der Waals surface area contributed by atoms with Gasteiger partial charge < -0.3 is 5.11 Å². The van der Waals surface area contributed by atoms with Crippen molar-refractivity contribution in [1.82, 2.24) is 4.98 Å². The zero-order chi connectivity index (χ0) is 14.0. The summed E-state index contributed by atoms with van der Waals surface area (Å²) in [5.41, 5.74) is 1.17. The van der Waals surface area contributed by atoms with E-state index in [2.05, 4.69) is 37.9 Å². The molecule has 100 valence electrons. The van der Waals surface area contributed by atoms with Crippen LogP contribution in [-0.2, 0) is 5.41 Å². The molecule has 0 aliphatic carbocycles. The Labute approximate surface area is 116 Å². The van der Waals surface area contributed by atoms with Crippen LogP contribution in [0.3, 0.4) is 0 Å². The third-order valence-electron chi connectivity index (χ3n) is 3.66. The Morgan fingerprint density at radius 1 is 1.32 bits per heavy atom. The first-order chi connectivity index (χ1) is 8.93. The lowest BCUT2D eigenvalue weighted by Crippen LogP contribution is -2.25. The average molecular weight is 275 g/mol. The van der Waals surface area contributed by atoms with E-state index in [1.807, 2.05) is 18.2 Å². The van der Waals surface area contributed by atoms with Crippen molar-refractivity contribution in [1.29, 1.82) is 0 Å². The van der Waals surface area contributed by atoms with Gasteiger partial charge in [-0.25, -0.2) is 9.78 Å². The van der Waals surface area contributed by atoms with E-state index < -0.39 is 5.97 Å². The van der Waals surface area contributed by atoms with Gasteiger partial charge in [0.15, 0.2) is 5.69 Å². The number of carboxylic acids is 1. The SMILES string of the molecule is CC(c1ccccc1)C(C)(C)c1nc(C(=O)O)cs1. The molecule has 19 heavy (non-hydrogen) atoms. The highest BCUT2D eigenvalue weighted by atomic mass is 32.1. The van der Waals surface area contributed by atoms with Crippen LogP contribution < -0.4 is 0 Å². The minimum Gasteiger partial charge on any atom is -0.476 e. The standard InChI is InChI=1S/C15H17NO2S/c1-10(11-7-5-4-6-8-11)15(2,3)14-16-12(9-19-14)13(17)18/h4-10H,1-3H3,(H,17,18). The van der Waals surface area contributed by atoms with Gasteiger partial charge in [-0.3, -0.25) is 0 Å². The number of carboxylic acid groups (broad SMARTS) is 1. The molecule has 0 radical (unpaired) electrons. The van der Waals surface area contributed by atoms with Crippen LogP contribution in [0.5, 0.6) is 0 Å². The van der Waals surface area contributed by atoms with E-state index in [1.165, 1.54) is 16.9 Å². The van der Waals surface area contributed by atoms with Crippen molar-refractivity contribution in [2.75, 3.05) is 0 Å². The molecule has 1 aromatic carbocycles. The minimum absolute atomic E-state index is 0.133. The summed E-state index contributed by atoms with van der Waals surface area (Å²) in [7, 11) is 0. The highest BCUT2D eigenvalue weighted by Gasteiger charge is 2.32. The Kier molecular flexibility index (Phi) is 3.71. The first-order valence-electron chi connectivity index (χ1n) is 6.17.